The van der Waals surface area contributed by atoms with E-state index < -0.39 is 0 Å². The molecule has 0 bridgehead atoms. The zero-order valence-electron chi connectivity index (χ0n) is 14.2. The van der Waals surface area contributed by atoms with Gasteiger partial charge in [0.05, 0.1) is 6.54 Å². The minimum absolute atomic E-state index is 0.197. The topological polar surface area (TPSA) is 39.7 Å². The lowest BCUT2D eigenvalue weighted by Crippen LogP contribution is -2.38. The number of benzene rings is 1. The molecule has 1 aromatic rings. The molecule has 4 nitrogen and oxygen atoms in total. The summed E-state index contributed by atoms with van der Waals surface area (Å²) < 4.78 is 13.6. The van der Waals surface area contributed by atoms with Crippen LogP contribution >= 0.6 is 0 Å². The SMILES string of the molecule is CCNC(=NCc1ccccc1F)NCCCCN1CCCC1. The quantitative estimate of drug-likeness (QED) is 0.439. The number of aliphatic imine (C=N–C) groups is 1. The Hall–Kier alpha value is -1.62. The van der Waals surface area contributed by atoms with Crippen LogP contribution in [0.1, 0.15) is 38.2 Å². The number of likely N-dealkylation sites (tertiary alicyclic amines) is 1. The molecule has 0 spiro atoms. The van der Waals surface area contributed by atoms with Crippen molar-refractivity contribution in [2.24, 2.45) is 4.99 Å². The number of hydrogen-bond donors (Lipinski definition) is 2. The Bertz CT molecular complexity index is 484. The summed E-state index contributed by atoms with van der Waals surface area (Å²) in [6.45, 7) is 7.82. The number of halogens is 1. The standard InChI is InChI=1S/C18H29FN4/c1-2-20-18(22-15-16-9-3-4-10-17(16)19)21-11-5-6-12-23-13-7-8-14-23/h3-4,9-10H,2,5-8,11-15H2,1H3,(H2,20,21,22). The summed E-state index contributed by atoms with van der Waals surface area (Å²) in [6.07, 6.45) is 5.04. The molecule has 128 valence electrons. The largest absolute Gasteiger partial charge is 0.357 e. The van der Waals surface area contributed by atoms with Gasteiger partial charge in [0.2, 0.25) is 0 Å². The summed E-state index contributed by atoms with van der Waals surface area (Å²) in [4.78, 5) is 7.00. The van der Waals surface area contributed by atoms with E-state index in [9.17, 15) is 4.39 Å². The smallest absolute Gasteiger partial charge is 0.191 e. The Morgan fingerprint density at radius 1 is 1.17 bits per heavy atom. The van der Waals surface area contributed by atoms with E-state index in [1.807, 2.05) is 13.0 Å². The molecule has 0 radical (unpaired) electrons. The monoisotopic (exact) mass is 320 g/mol. The van der Waals surface area contributed by atoms with Crippen LogP contribution in [0.2, 0.25) is 0 Å². The second-order valence-electron chi connectivity index (χ2n) is 5.97. The Morgan fingerprint density at radius 3 is 2.70 bits per heavy atom. The van der Waals surface area contributed by atoms with Crippen molar-refractivity contribution < 1.29 is 4.39 Å². The van der Waals surface area contributed by atoms with E-state index in [2.05, 4.69) is 20.5 Å². The van der Waals surface area contributed by atoms with Gasteiger partial charge in [-0.05, 0) is 58.3 Å². The molecule has 0 amide bonds. The molecule has 0 saturated carbocycles. The molecule has 0 aliphatic carbocycles. The Morgan fingerprint density at radius 2 is 1.96 bits per heavy atom. The first-order valence-electron chi connectivity index (χ1n) is 8.77. The maximum Gasteiger partial charge on any atom is 0.191 e. The highest BCUT2D eigenvalue weighted by Gasteiger charge is 2.10. The van der Waals surface area contributed by atoms with Gasteiger partial charge >= 0.3 is 0 Å². The van der Waals surface area contributed by atoms with Crippen molar-refractivity contribution in [2.45, 2.75) is 39.2 Å². The second kappa shape index (κ2) is 10.2. The van der Waals surface area contributed by atoms with Crippen LogP contribution in [0.25, 0.3) is 0 Å². The molecule has 1 aliphatic rings. The Kier molecular flexibility index (Phi) is 7.87. The highest BCUT2D eigenvalue weighted by molar-refractivity contribution is 5.79. The van der Waals surface area contributed by atoms with Crippen molar-refractivity contribution in [1.29, 1.82) is 0 Å². The average Bonchev–Trinajstić information content (AvgIpc) is 3.07. The zero-order chi connectivity index (χ0) is 16.3. The van der Waals surface area contributed by atoms with E-state index in [-0.39, 0.29) is 5.82 Å². The fourth-order valence-electron chi connectivity index (χ4n) is 2.81. The first-order valence-corrected chi connectivity index (χ1v) is 8.77. The normalized spacial score (nSPS) is 15.8. The maximum absolute atomic E-state index is 13.6. The molecule has 0 aromatic heterocycles. The maximum atomic E-state index is 13.6. The molecule has 2 rings (SSSR count). The van der Waals surface area contributed by atoms with Crippen LogP contribution < -0.4 is 10.6 Å². The number of rotatable bonds is 8. The Balaban J connectivity index is 1.70. The molecule has 1 saturated heterocycles. The summed E-state index contributed by atoms with van der Waals surface area (Å²) in [5, 5.41) is 6.54. The average molecular weight is 320 g/mol. The zero-order valence-corrected chi connectivity index (χ0v) is 14.2. The van der Waals surface area contributed by atoms with Crippen molar-refractivity contribution >= 4 is 5.96 Å². The van der Waals surface area contributed by atoms with E-state index in [1.54, 1.807) is 12.1 Å². The third-order valence-corrected chi connectivity index (χ3v) is 4.10. The first kappa shape index (κ1) is 17.7. The van der Waals surface area contributed by atoms with Crippen LogP contribution in [0, 0.1) is 5.82 Å². The van der Waals surface area contributed by atoms with E-state index in [0.717, 1.165) is 25.5 Å². The van der Waals surface area contributed by atoms with Gasteiger partial charge in [-0.2, -0.15) is 0 Å². The van der Waals surface area contributed by atoms with Crippen LogP contribution in [-0.4, -0.2) is 43.6 Å². The number of nitrogens with zero attached hydrogens (tertiary/aromatic N) is 2. The van der Waals surface area contributed by atoms with Crippen LogP contribution in [0.15, 0.2) is 29.3 Å². The number of hydrogen-bond acceptors (Lipinski definition) is 2. The fourth-order valence-corrected chi connectivity index (χ4v) is 2.81. The summed E-state index contributed by atoms with van der Waals surface area (Å²) in [6, 6.07) is 6.79. The van der Waals surface area contributed by atoms with E-state index in [0.29, 0.717) is 12.1 Å². The van der Waals surface area contributed by atoms with Crippen molar-refractivity contribution in [1.82, 2.24) is 15.5 Å². The molecule has 5 heteroatoms. The summed E-state index contributed by atoms with van der Waals surface area (Å²) in [7, 11) is 0. The molecular weight excluding hydrogens is 291 g/mol. The number of unbranched alkanes of at least 4 members (excludes halogenated alkanes) is 1. The molecule has 1 fully saturated rings. The first-order chi connectivity index (χ1) is 11.3. The summed E-state index contributed by atoms with van der Waals surface area (Å²) in [5.41, 5.74) is 0.624. The predicted octanol–water partition coefficient (Wildman–Crippen LogP) is 2.76. The second-order valence-corrected chi connectivity index (χ2v) is 5.97. The lowest BCUT2D eigenvalue weighted by atomic mass is 10.2. The van der Waals surface area contributed by atoms with Crippen molar-refractivity contribution in [3.8, 4) is 0 Å². The van der Waals surface area contributed by atoms with Crippen molar-refractivity contribution in [3.05, 3.63) is 35.6 Å². The van der Waals surface area contributed by atoms with Crippen LogP contribution in [0.3, 0.4) is 0 Å². The Labute approximate surface area is 139 Å². The van der Waals surface area contributed by atoms with Crippen LogP contribution in [0.5, 0.6) is 0 Å². The number of guanidine groups is 1. The molecular formula is C18H29FN4. The molecule has 23 heavy (non-hydrogen) atoms. The van der Waals surface area contributed by atoms with Gasteiger partial charge in [0, 0.05) is 18.7 Å². The third kappa shape index (κ3) is 6.57. The fraction of sp³-hybridized carbons (Fsp3) is 0.611. The van der Waals surface area contributed by atoms with E-state index >= 15 is 0 Å². The highest BCUT2D eigenvalue weighted by Crippen LogP contribution is 2.08. The molecule has 0 atom stereocenters. The minimum atomic E-state index is -0.197. The van der Waals surface area contributed by atoms with Gasteiger partial charge < -0.3 is 15.5 Å². The minimum Gasteiger partial charge on any atom is -0.357 e. The van der Waals surface area contributed by atoms with Gasteiger partial charge in [-0.15, -0.1) is 0 Å². The third-order valence-electron chi connectivity index (χ3n) is 4.10. The predicted molar refractivity (Wildman–Crippen MR) is 94.1 cm³/mol. The van der Waals surface area contributed by atoms with Crippen LogP contribution in [-0.2, 0) is 6.54 Å². The van der Waals surface area contributed by atoms with E-state index in [1.165, 1.54) is 45.0 Å². The highest BCUT2D eigenvalue weighted by atomic mass is 19.1. The van der Waals surface area contributed by atoms with Gasteiger partial charge in [0.1, 0.15) is 5.82 Å². The summed E-state index contributed by atoms with van der Waals surface area (Å²) in [5.74, 6) is 0.564. The molecule has 1 heterocycles. The summed E-state index contributed by atoms with van der Waals surface area (Å²) >= 11 is 0. The molecule has 0 unspecified atom stereocenters. The van der Waals surface area contributed by atoms with Gasteiger partial charge in [-0.3, -0.25) is 0 Å². The van der Waals surface area contributed by atoms with Gasteiger partial charge in [0.25, 0.3) is 0 Å². The van der Waals surface area contributed by atoms with Gasteiger partial charge in [0.15, 0.2) is 5.96 Å². The lowest BCUT2D eigenvalue weighted by Gasteiger charge is -2.15. The van der Waals surface area contributed by atoms with Crippen LogP contribution in [0.4, 0.5) is 4.39 Å². The van der Waals surface area contributed by atoms with Crippen molar-refractivity contribution in [2.75, 3.05) is 32.7 Å². The molecule has 2 N–H and O–H groups in total. The molecule has 1 aliphatic heterocycles. The van der Waals surface area contributed by atoms with Gasteiger partial charge in [-0.1, -0.05) is 18.2 Å². The van der Waals surface area contributed by atoms with Gasteiger partial charge in [-0.25, -0.2) is 9.38 Å². The van der Waals surface area contributed by atoms with E-state index in [4.69, 9.17) is 0 Å². The number of nitrogens with one attached hydrogen (secondary N) is 2. The lowest BCUT2D eigenvalue weighted by molar-refractivity contribution is 0.330. The molecule has 1 aromatic carbocycles. The van der Waals surface area contributed by atoms with Crippen molar-refractivity contribution in [3.63, 3.8) is 0 Å².